The smallest absolute Gasteiger partial charge is 0.164 e. The van der Waals surface area contributed by atoms with Crippen molar-refractivity contribution in [1.82, 2.24) is 15.0 Å². The van der Waals surface area contributed by atoms with Gasteiger partial charge in [-0.05, 0) is 117 Å². The van der Waals surface area contributed by atoms with E-state index in [0.29, 0.717) is 17.5 Å². The number of nitrogens with zero attached hydrogens (tertiary/aromatic N) is 3. The van der Waals surface area contributed by atoms with E-state index in [4.69, 9.17) is 15.0 Å². The van der Waals surface area contributed by atoms with Crippen LogP contribution in [0.5, 0.6) is 0 Å². The first-order chi connectivity index (χ1) is 31.0. The highest BCUT2D eigenvalue weighted by Gasteiger charge is 2.23. The molecule has 308 valence electrons. The van der Waals surface area contributed by atoms with E-state index in [-0.39, 0.29) is 10.8 Å². The lowest BCUT2D eigenvalue weighted by atomic mass is 9.86. The van der Waals surface area contributed by atoms with Crippen LogP contribution >= 0.6 is 0 Å². The monoisotopic (exact) mass is 823 g/mol. The van der Waals surface area contributed by atoms with Gasteiger partial charge in [0.2, 0.25) is 0 Å². The first-order valence-electron chi connectivity index (χ1n) is 22.3. The van der Waals surface area contributed by atoms with Crippen molar-refractivity contribution in [2.45, 2.75) is 52.4 Å². The minimum Gasteiger partial charge on any atom is -0.208 e. The van der Waals surface area contributed by atoms with Crippen LogP contribution in [-0.4, -0.2) is 15.0 Å². The van der Waals surface area contributed by atoms with Crippen molar-refractivity contribution < 1.29 is 0 Å². The summed E-state index contributed by atoms with van der Waals surface area (Å²) in [5.74, 6) is 1.96. The lowest BCUT2D eigenvalue weighted by Gasteiger charge is -2.19. The molecule has 10 aromatic rings. The molecule has 9 aromatic carbocycles. The Kier molecular flexibility index (Phi) is 9.29. The van der Waals surface area contributed by atoms with Gasteiger partial charge in [-0.25, -0.2) is 15.0 Å². The van der Waals surface area contributed by atoms with Gasteiger partial charge in [-0.15, -0.1) is 0 Å². The molecule has 0 bridgehead atoms. The van der Waals surface area contributed by atoms with E-state index in [1.54, 1.807) is 0 Å². The summed E-state index contributed by atoms with van der Waals surface area (Å²) in [5, 5.41) is 5.06. The van der Waals surface area contributed by atoms with E-state index in [1.165, 1.54) is 77.2 Å². The minimum absolute atomic E-state index is 0.0432. The van der Waals surface area contributed by atoms with Crippen molar-refractivity contribution in [2.24, 2.45) is 0 Å². The molecule has 3 heteroatoms. The van der Waals surface area contributed by atoms with Crippen molar-refractivity contribution in [3.8, 4) is 89.8 Å². The maximum atomic E-state index is 5.15. The Bertz CT molecular complexity index is 3310. The molecule has 0 saturated carbocycles. The Labute approximate surface area is 376 Å². The van der Waals surface area contributed by atoms with Gasteiger partial charge in [0, 0.05) is 16.7 Å². The number of benzene rings is 9. The molecule has 0 amide bonds. The molecule has 1 aliphatic rings. The van der Waals surface area contributed by atoms with Crippen LogP contribution in [0.2, 0.25) is 0 Å². The molecule has 0 fully saturated rings. The van der Waals surface area contributed by atoms with Crippen LogP contribution in [-0.2, 0) is 10.8 Å². The second-order valence-corrected chi connectivity index (χ2v) is 19.3. The topological polar surface area (TPSA) is 38.7 Å². The Morgan fingerprint density at radius 2 is 0.734 bits per heavy atom. The van der Waals surface area contributed by atoms with Crippen molar-refractivity contribution in [3.05, 3.63) is 199 Å². The van der Waals surface area contributed by atoms with Gasteiger partial charge in [-0.2, -0.15) is 0 Å². The summed E-state index contributed by atoms with van der Waals surface area (Å²) in [6.45, 7) is 13.4. The fourth-order valence-corrected chi connectivity index (χ4v) is 9.45. The van der Waals surface area contributed by atoms with Crippen LogP contribution in [0.3, 0.4) is 0 Å². The normalized spacial score (nSPS) is 12.2. The quantitative estimate of drug-likeness (QED) is 0.168. The Balaban J connectivity index is 0.981. The second-order valence-electron chi connectivity index (χ2n) is 19.3. The SMILES string of the molecule is CC(C)(C)c1ccc(-c2nc(-c3ccc(C(C)(C)C)cc3)nc(-c3cccc(-c4cc(-c5ccc(-c6ccc7c8c(cccc68)-c6ccccc6-7)cc5)c5ccccc5c4)c3)n2)cc1. The van der Waals surface area contributed by atoms with Crippen molar-refractivity contribution >= 4 is 21.5 Å². The molecular weight excluding hydrogens is 775 g/mol. The molecule has 1 aliphatic carbocycles. The maximum absolute atomic E-state index is 5.15. The molecule has 0 spiro atoms. The Morgan fingerprint density at radius 3 is 1.34 bits per heavy atom. The van der Waals surface area contributed by atoms with Gasteiger partial charge < -0.3 is 0 Å². The lowest BCUT2D eigenvalue weighted by Crippen LogP contribution is -2.10. The minimum atomic E-state index is 0.0432. The van der Waals surface area contributed by atoms with Crippen molar-refractivity contribution in [1.29, 1.82) is 0 Å². The van der Waals surface area contributed by atoms with E-state index >= 15 is 0 Å². The molecule has 0 aliphatic heterocycles. The molecule has 0 atom stereocenters. The van der Waals surface area contributed by atoms with E-state index < -0.39 is 0 Å². The molecule has 3 nitrogen and oxygen atoms in total. The summed E-state index contributed by atoms with van der Waals surface area (Å²) in [6.07, 6.45) is 0. The maximum Gasteiger partial charge on any atom is 0.164 e. The zero-order chi connectivity index (χ0) is 43.7. The third kappa shape index (κ3) is 6.98. The summed E-state index contributed by atoms with van der Waals surface area (Å²) < 4.78 is 0. The van der Waals surface area contributed by atoms with Crippen molar-refractivity contribution in [3.63, 3.8) is 0 Å². The molecule has 0 radical (unpaired) electrons. The third-order valence-electron chi connectivity index (χ3n) is 13.0. The molecule has 0 saturated heterocycles. The third-order valence-corrected chi connectivity index (χ3v) is 13.0. The summed E-state index contributed by atoms with van der Waals surface area (Å²) >= 11 is 0. The van der Waals surface area contributed by atoms with Gasteiger partial charge in [0.05, 0.1) is 0 Å². The number of fused-ring (bicyclic) bond motifs is 4. The highest BCUT2D eigenvalue weighted by molar-refractivity contribution is 6.18. The zero-order valence-corrected chi connectivity index (χ0v) is 37.2. The molecule has 11 rings (SSSR count). The van der Waals surface area contributed by atoms with Crippen LogP contribution < -0.4 is 0 Å². The molecule has 64 heavy (non-hydrogen) atoms. The van der Waals surface area contributed by atoms with Gasteiger partial charge in [-0.3, -0.25) is 0 Å². The fraction of sp³-hybridized carbons (Fsp3) is 0.131. The standard InChI is InChI=1S/C61H49N3/c1-60(2,3)46-29-25-40(26-30-46)57-62-58(41-27-31-47(32-28-41)61(4,5)6)64-59(63-57)44-15-11-14-42(35-44)45-36-43-13-7-8-16-48(43)55(37-45)39-23-21-38(22-24-39)49-33-34-54-51-18-10-9-17-50(51)53-20-12-19-52(49)56(53)54/h7-37H,1-6H3. The predicted octanol–water partition coefficient (Wildman–Crippen LogP) is 16.4. The largest absolute Gasteiger partial charge is 0.208 e. The van der Waals surface area contributed by atoms with Gasteiger partial charge in [0.15, 0.2) is 17.5 Å². The molecule has 1 aromatic heterocycles. The summed E-state index contributed by atoms with van der Waals surface area (Å²) in [6, 6.07) is 68.5. The summed E-state index contributed by atoms with van der Waals surface area (Å²) in [5.41, 5.74) is 17.8. The predicted molar refractivity (Wildman–Crippen MR) is 269 cm³/mol. The highest BCUT2D eigenvalue weighted by Crippen LogP contribution is 2.49. The molecule has 0 N–H and O–H groups in total. The molecular formula is C61H49N3. The Hall–Kier alpha value is -7.49. The summed E-state index contributed by atoms with van der Waals surface area (Å²) in [7, 11) is 0. The zero-order valence-electron chi connectivity index (χ0n) is 37.2. The van der Waals surface area contributed by atoms with E-state index in [0.717, 1.165) is 27.8 Å². The van der Waals surface area contributed by atoms with Crippen LogP contribution in [0, 0.1) is 0 Å². The van der Waals surface area contributed by atoms with Gasteiger partial charge in [-0.1, -0.05) is 211 Å². The molecule has 0 unspecified atom stereocenters. The van der Waals surface area contributed by atoms with Crippen molar-refractivity contribution in [2.75, 3.05) is 0 Å². The van der Waals surface area contributed by atoms with E-state index in [9.17, 15) is 0 Å². The number of rotatable bonds is 6. The Morgan fingerprint density at radius 1 is 0.281 bits per heavy atom. The second kappa shape index (κ2) is 15.1. The number of aromatic nitrogens is 3. The number of hydrogen-bond acceptors (Lipinski definition) is 3. The first kappa shape index (κ1) is 39.4. The fourth-order valence-electron chi connectivity index (χ4n) is 9.45. The van der Waals surface area contributed by atoms with Crippen LogP contribution in [0.15, 0.2) is 188 Å². The van der Waals surface area contributed by atoms with E-state index in [1.807, 2.05) is 0 Å². The number of hydrogen-bond donors (Lipinski definition) is 0. The van der Waals surface area contributed by atoms with Gasteiger partial charge in [0.1, 0.15) is 0 Å². The average Bonchev–Trinajstić information content (AvgIpc) is 3.65. The van der Waals surface area contributed by atoms with E-state index in [2.05, 4.69) is 230 Å². The van der Waals surface area contributed by atoms with Crippen LogP contribution in [0.25, 0.3) is 111 Å². The van der Waals surface area contributed by atoms with Crippen LogP contribution in [0.4, 0.5) is 0 Å². The van der Waals surface area contributed by atoms with Gasteiger partial charge in [0.25, 0.3) is 0 Å². The first-order valence-corrected chi connectivity index (χ1v) is 22.3. The van der Waals surface area contributed by atoms with Gasteiger partial charge >= 0.3 is 0 Å². The summed E-state index contributed by atoms with van der Waals surface area (Å²) in [4.78, 5) is 15.4. The van der Waals surface area contributed by atoms with Crippen LogP contribution in [0.1, 0.15) is 52.7 Å². The lowest BCUT2D eigenvalue weighted by molar-refractivity contribution is 0.590. The highest BCUT2D eigenvalue weighted by atomic mass is 15.0. The average molecular weight is 824 g/mol. The molecule has 1 heterocycles.